The average molecular weight is 449 g/mol. The Morgan fingerprint density at radius 1 is 1.15 bits per heavy atom. The van der Waals surface area contributed by atoms with Crippen LogP contribution in [0.3, 0.4) is 0 Å². The summed E-state index contributed by atoms with van der Waals surface area (Å²) >= 11 is 0. The highest BCUT2D eigenvalue weighted by molar-refractivity contribution is 5.95. The molecule has 5 rings (SSSR count). The van der Waals surface area contributed by atoms with Crippen molar-refractivity contribution in [2.24, 2.45) is 0 Å². The molecule has 1 saturated heterocycles. The molecular weight excluding hydrogens is 423 g/mol. The van der Waals surface area contributed by atoms with E-state index in [1.54, 1.807) is 34.3 Å². The smallest absolute Gasteiger partial charge is 0.321 e. The van der Waals surface area contributed by atoms with Gasteiger partial charge >= 0.3 is 6.03 Å². The number of aryl methyl sites for hydroxylation is 1. The van der Waals surface area contributed by atoms with Crippen molar-refractivity contribution in [1.29, 1.82) is 0 Å². The number of rotatable bonds is 3. The molecule has 0 saturated carbocycles. The van der Waals surface area contributed by atoms with Crippen LogP contribution in [0.25, 0.3) is 0 Å². The van der Waals surface area contributed by atoms with Gasteiger partial charge in [-0.05, 0) is 49.6 Å². The molecule has 0 aliphatic carbocycles. The zero-order valence-corrected chi connectivity index (χ0v) is 18.4. The predicted molar refractivity (Wildman–Crippen MR) is 121 cm³/mol. The fourth-order valence-corrected chi connectivity index (χ4v) is 4.72. The number of aromatic nitrogens is 3. The number of likely N-dealkylation sites (tertiary alicyclic amines) is 1. The van der Waals surface area contributed by atoms with Crippen LogP contribution in [-0.2, 0) is 16.9 Å². The zero-order chi connectivity index (χ0) is 23.0. The molecule has 9 heteroatoms. The highest BCUT2D eigenvalue weighted by Gasteiger charge is 2.46. The van der Waals surface area contributed by atoms with Gasteiger partial charge in [-0.2, -0.15) is 5.10 Å². The number of carbonyl (C=O) groups is 2. The van der Waals surface area contributed by atoms with Crippen molar-refractivity contribution in [3.05, 3.63) is 71.9 Å². The van der Waals surface area contributed by atoms with Gasteiger partial charge in [0.1, 0.15) is 11.6 Å². The number of urea groups is 1. The van der Waals surface area contributed by atoms with Gasteiger partial charge in [-0.3, -0.25) is 14.7 Å². The third kappa shape index (κ3) is 3.94. The molecule has 4 heterocycles. The topological polar surface area (TPSA) is 83.4 Å². The Bertz CT molecular complexity index is 1190. The van der Waals surface area contributed by atoms with Crippen LogP contribution >= 0.6 is 0 Å². The fourth-order valence-electron chi connectivity index (χ4n) is 4.72. The minimum absolute atomic E-state index is 0.0449. The summed E-state index contributed by atoms with van der Waals surface area (Å²) in [6, 6.07) is 11.5. The summed E-state index contributed by atoms with van der Waals surface area (Å²) in [5.41, 5.74) is 1.54. The Balaban J connectivity index is 1.34. The van der Waals surface area contributed by atoms with Gasteiger partial charge in [-0.15, -0.1) is 0 Å². The van der Waals surface area contributed by atoms with E-state index in [1.165, 1.54) is 12.1 Å². The fraction of sp³-hybridized carbons (Fsp3) is 0.333. The van der Waals surface area contributed by atoms with E-state index in [2.05, 4.69) is 10.3 Å². The second kappa shape index (κ2) is 8.31. The normalized spacial score (nSPS) is 17.2. The number of halogens is 1. The minimum Gasteiger partial charge on any atom is -0.324 e. The Hall–Kier alpha value is -3.75. The van der Waals surface area contributed by atoms with E-state index in [0.29, 0.717) is 38.9 Å². The number of nitrogens with one attached hydrogen (secondary N) is 1. The van der Waals surface area contributed by atoms with E-state index in [4.69, 9.17) is 5.10 Å². The second-order valence-electron chi connectivity index (χ2n) is 8.69. The first-order valence-corrected chi connectivity index (χ1v) is 11.0. The third-order valence-electron chi connectivity index (χ3n) is 6.51. The molecule has 2 aliphatic rings. The van der Waals surface area contributed by atoms with Crippen molar-refractivity contribution < 1.29 is 14.0 Å². The van der Waals surface area contributed by atoms with E-state index in [0.717, 1.165) is 17.1 Å². The molecule has 1 fully saturated rings. The van der Waals surface area contributed by atoms with Crippen molar-refractivity contribution in [3.8, 4) is 0 Å². The number of benzene rings is 1. The summed E-state index contributed by atoms with van der Waals surface area (Å²) in [5.74, 6) is 0.358. The van der Waals surface area contributed by atoms with Gasteiger partial charge in [0.15, 0.2) is 0 Å². The molecule has 0 atom stereocenters. The number of nitrogens with zero attached hydrogens (tertiary/aromatic N) is 5. The van der Waals surface area contributed by atoms with E-state index >= 15 is 0 Å². The summed E-state index contributed by atoms with van der Waals surface area (Å²) in [6.45, 7) is 3.29. The van der Waals surface area contributed by atoms with Crippen LogP contribution < -0.4 is 10.2 Å². The molecule has 2 aliphatic heterocycles. The minimum atomic E-state index is -0.469. The number of hydrogen-bond acceptors (Lipinski definition) is 4. The Kier molecular flexibility index (Phi) is 5.32. The molecule has 33 heavy (non-hydrogen) atoms. The Morgan fingerprint density at radius 2 is 1.88 bits per heavy atom. The monoisotopic (exact) mass is 448 g/mol. The van der Waals surface area contributed by atoms with Gasteiger partial charge < -0.3 is 10.2 Å². The molecule has 0 unspecified atom stereocenters. The first kappa shape index (κ1) is 21.1. The molecule has 8 nitrogen and oxygen atoms in total. The first-order valence-electron chi connectivity index (χ1n) is 11.0. The zero-order valence-electron chi connectivity index (χ0n) is 18.4. The number of anilines is 2. The summed E-state index contributed by atoms with van der Waals surface area (Å²) in [6.07, 6.45) is 4.96. The van der Waals surface area contributed by atoms with Gasteiger partial charge in [0.25, 0.3) is 0 Å². The summed E-state index contributed by atoms with van der Waals surface area (Å²) < 4.78 is 15.9. The largest absolute Gasteiger partial charge is 0.324 e. The summed E-state index contributed by atoms with van der Waals surface area (Å²) in [4.78, 5) is 33.5. The van der Waals surface area contributed by atoms with Crippen molar-refractivity contribution in [2.75, 3.05) is 23.3 Å². The summed E-state index contributed by atoms with van der Waals surface area (Å²) in [7, 11) is 0. The molecule has 0 radical (unpaired) electrons. The lowest BCUT2D eigenvalue weighted by Crippen LogP contribution is -2.55. The Morgan fingerprint density at radius 3 is 2.61 bits per heavy atom. The maximum absolute atomic E-state index is 13.9. The van der Waals surface area contributed by atoms with Crippen molar-refractivity contribution in [1.82, 2.24) is 19.7 Å². The molecule has 3 amide bonds. The van der Waals surface area contributed by atoms with Crippen molar-refractivity contribution >= 4 is 23.4 Å². The van der Waals surface area contributed by atoms with Crippen molar-refractivity contribution in [3.63, 3.8) is 0 Å². The van der Waals surface area contributed by atoms with E-state index in [-0.39, 0.29) is 17.6 Å². The van der Waals surface area contributed by atoms with Gasteiger partial charge in [-0.1, -0.05) is 12.1 Å². The lowest BCUT2D eigenvalue weighted by Gasteiger charge is -2.46. The van der Waals surface area contributed by atoms with Crippen LogP contribution in [0.2, 0.25) is 0 Å². The molecule has 1 spiro atoms. The number of pyridine rings is 1. The third-order valence-corrected chi connectivity index (χ3v) is 6.51. The Labute approximate surface area is 191 Å². The SMILES string of the molecule is Cc1cc2n(n1)C1(CCN(C(=O)Nc3ccccc3F)CC1)CC(=O)N2Cc1ccncc1. The standard InChI is InChI=1S/C24H25FN6O2/c1-17-14-21-30(16-18-6-10-26-11-7-18)22(32)15-24(31(21)28-17)8-12-29(13-9-24)23(33)27-20-5-3-2-4-19(20)25/h2-7,10-11,14H,8-9,12-13,15-16H2,1H3,(H,27,33). The first-order chi connectivity index (χ1) is 15.9. The number of hydrogen-bond donors (Lipinski definition) is 1. The van der Waals surface area contributed by atoms with E-state index < -0.39 is 11.4 Å². The predicted octanol–water partition coefficient (Wildman–Crippen LogP) is 3.69. The molecule has 3 aromatic rings. The van der Waals surface area contributed by atoms with E-state index in [9.17, 15) is 14.0 Å². The lowest BCUT2D eigenvalue weighted by atomic mass is 9.82. The van der Waals surface area contributed by atoms with Crippen LogP contribution in [0.1, 0.15) is 30.5 Å². The number of fused-ring (bicyclic) bond motifs is 2. The van der Waals surface area contributed by atoms with Gasteiger partial charge in [0.2, 0.25) is 5.91 Å². The summed E-state index contributed by atoms with van der Waals surface area (Å²) in [5, 5.41) is 7.39. The highest BCUT2D eigenvalue weighted by Crippen LogP contribution is 2.42. The number of carbonyl (C=O) groups excluding carboxylic acids is 2. The number of amides is 3. The van der Waals surface area contributed by atoms with Crippen LogP contribution in [0.4, 0.5) is 20.7 Å². The average Bonchev–Trinajstić information content (AvgIpc) is 3.22. The van der Waals surface area contributed by atoms with Gasteiger partial charge in [0.05, 0.1) is 29.9 Å². The quantitative estimate of drug-likeness (QED) is 0.663. The number of piperidine rings is 1. The van der Waals surface area contributed by atoms with Crippen LogP contribution in [-0.4, -0.2) is 44.7 Å². The van der Waals surface area contributed by atoms with Gasteiger partial charge in [-0.25, -0.2) is 13.9 Å². The second-order valence-corrected chi connectivity index (χ2v) is 8.69. The molecule has 170 valence electrons. The maximum atomic E-state index is 13.9. The highest BCUT2D eigenvalue weighted by atomic mass is 19.1. The molecule has 0 bridgehead atoms. The van der Waals surface area contributed by atoms with Gasteiger partial charge in [0, 0.05) is 31.5 Å². The van der Waals surface area contributed by atoms with Crippen LogP contribution in [0, 0.1) is 12.7 Å². The molecular formula is C24H25FN6O2. The molecule has 1 aromatic carbocycles. The van der Waals surface area contributed by atoms with Crippen LogP contribution in [0.5, 0.6) is 0 Å². The number of para-hydroxylation sites is 1. The van der Waals surface area contributed by atoms with Crippen molar-refractivity contribution in [2.45, 2.75) is 38.3 Å². The van der Waals surface area contributed by atoms with E-state index in [1.807, 2.05) is 29.8 Å². The lowest BCUT2D eigenvalue weighted by molar-refractivity contribution is -0.123. The molecule has 2 aromatic heterocycles. The maximum Gasteiger partial charge on any atom is 0.321 e. The molecule has 1 N–H and O–H groups in total. The van der Waals surface area contributed by atoms with Crippen LogP contribution in [0.15, 0.2) is 54.9 Å².